The summed E-state index contributed by atoms with van der Waals surface area (Å²) in [6, 6.07) is 0. The number of halogens is 1. The Labute approximate surface area is 168 Å². The lowest BCUT2D eigenvalue weighted by Crippen LogP contribution is -2.20. The molecule has 0 saturated carbocycles. The lowest BCUT2D eigenvalue weighted by Gasteiger charge is -2.27. The van der Waals surface area contributed by atoms with E-state index >= 15 is 0 Å². The number of unbranched alkanes of at least 4 members (excludes halogenated alkanes) is 12. The van der Waals surface area contributed by atoms with Crippen LogP contribution in [-0.2, 0) is 0 Å². The lowest BCUT2D eigenvalue weighted by atomic mass is 9.91. The van der Waals surface area contributed by atoms with Gasteiger partial charge in [0.2, 0.25) is 0 Å². The Kier molecular flexibility index (Phi) is 18.7. The maximum Gasteiger partial charge on any atom is 0.0264 e. The summed E-state index contributed by atoms with van der Waals surface area (Å²) in [6.07, 6.45) is 28.6. The first kappa shape index (κ1) is 25.0. The van der Waals surface area contributed by atoms with Gasteiger partial charge in [0, 0.05) is 4.32 Å². The summed E-state index contributed by atoms with van der Waals surface area (Å²) in [5, 5.41) is 0. The van der Waals surface area contributed by atoms with Crippen molar-refractivity contribution in [1.82, 2.24) is 0 Å². The topological polar surface area (TPSA) is 0 Å². The minimum Gasteiger partial charge on any atom is -0.103 e. The molecule has 0 spiro atoms. The molecule has 0 bridgehead atoms. The van der Waals surface area contributed by atoms with Gasteiger partial charge in [0.25, 0.3) is 0 Å². The molecule has 0 aromatic heterocycles. The first-order valence-corrected chi connectivity index (χ1v) is 11.9. The summed E-state index contributed by atoms with van der Waals surface area (Å²) in [5.74, 6) is 0. The number of hydrogen-bond donors (Lipinski definition) is 0. The van der Waals surface area contributed by atoms with Crippen molar-refractivity contribution in [3.8, 4) is 0 Å². The van der Waals surface area contributed by atoms with Crippen molar-refractivity contribution in [2.24, 2.45) is 0 Å². The highest BCUT2D eigenvalue weighted by Crippen LogP contribution is 2.35. The van der Waals surface area contributed by atoms with Crippen LogP contribution in [0.5, 0.6) is 0 Å². The van der Waals surface area contributed by atoms with E-state index in [1.54, 1.807) is 0 Å². The Balaban J connectivity index is 3.50. The van der Waals surface area contributed by atoms with Crippen molar-refractivity contribution in [2.75, 3.05) is 0 Å². The van der Waals surface area contributed by atoms with E-state index in [4.69, 9.17) is 0 Å². The third-order valence-corrected chi connectivity index (χ3v) is 6.51. The van der Waals surface area contributed by atoms with Crippen LogP contribution in [0.2, 0.25) is 0 Å². The average molecular weight is 414 g/mol. The van der Waals surface area contributed by atoms with Gasteiger partial charge in [-0.3, -0.25) is 0 Å². The zero-order valence-corrected chi connectivity index (χ0v) is 18.8. The molecule has 0 aliphatic rings. The fraction of sp³-hybridized carbons (Fsp3) is 0.833. The monoisotopic (exact) mass is 412 g/mol. The van der Waals surface area contributed by atoms with E-state index in [9.17, 15) is 0 Å². The van der Waals surface area contributed by atoms with Gasteiger partial charge in [-0.05, 0) is 32.1 Å². The molecule has 0 unspecified atom stereocenters. The predicted molar refractivity (Wildman–Crippen MR) is 121 cm³/mol. The maximum atomic E-state index is 4.03. The molecule has 0 atom stereocenters. The minimum atomic E-state index is 0.313. The van der Waals surface area contributed by atoms with Crippen molar-refractivity contribution in [2.45, 2.75) is 127 Å². The van der Waals surface area contributed by atoms with Gasteiger partial charge >= 0.3 is 0 Å². The molecule has 25 heavy (non-hydrogen) atoms. The molecule has 148 valence electrons. The van der Waals surface area contributed by atoms with E-state index in [2.05, 4.69) is 36.0 Å². The summed E-state index contributed by atoms with van der Waals surface area (Å²) in [5.41, 5.74) is 0. The molecule has 0 aromatic rings. The molecule has 0 fully saturated rings. The second kappa shape index (κ2) is 18.7. The Bertz CT molecular complexity index is 282. The van der Waals surface area contributed by atoms with Crippen molar-refractivity contribution < 1.29 is 0 Å². The van der Waals surface area contributed by atoms with Gasteiger partial charge < -0.3 is 0 Å². The predicted octanol–water partition coefficient (Wildman–Crippen LogP) is 9.53. The summed E-state index contributed by atoms with van der Waals surface area (Å²) in [7, 11) is 0. The summed E-state index contributed by atoms with van der Waals surface area (Å²) in [6.45, 7) is 10.0. The standard InChI is InChI=1S/C24H45Br/c1-4-7-10-11-12-13-14-15-16-17-18-19-20-23-24(25,21-8-5-2)22-9-6-3/h5-6H,2-4,7-23H2,1H3. The Morgan fingerprint density at radius 1 is 0.600 bits per heavy atom. The van der Waals surface area contributed by atoms with Crippen LogP contribution in [0.1, 0.15) is 122 Å². The largest absolute Gasteiger partial charge is 0.103 e. The normalized spacial score (nSPS) is 11.6. The number of allylic oxidation sites excluding steroid dienone is 2. The van der Waals surface area contributed by atoms with Gasteiger partial charge in [0.1, 0.15) is 0 Å². The molecule has 0 saturated heterocycles. The van der Waals surface area contributed by atoms with Gasteiger partial charge in [-0.25, -0.2) is 0 Å². The molecular weight excluding hydrogens is 368 g/mol. The lowest BCUT2D eigenvalue weighted by molar-refractivity contribution is 0.453. The van der Waals surface area contributed by atoms with Gasteiger partial charge in [0.15, 0.2) is 0 Å². The van der Waals surface area contributed by atoms with Crippen LogP contribution in [-0.4, -0.2) is 4.32 Å². The van der Waals surface area contributed by atoms with Gasteiger partial charge in [-0.1, -0.05) is 118 Å². The number of alkyl halides is 1. The molecule has 0 aliphatic carbocycles. The minimum absolute atomic E-state index is 0.313. The van der Waals surface area contributed by atoms with Crippen molar-refractivity contribution in [3.05, 3.63) is 25.3 Å². The van der Waals surface area contributed by atoms with Crippen molar-refractivity contribution in [1.29, 1.82) is 0 Å². The molecule has 0 amide bonds. The highest BCUT2D eigenvalue weighted by atomic mass is 79.9. The van der Waals surface area contributed by atoms with Crippen LogP contribution in [0.15, 0.2) is 25.3 Å². The van der Waals surface area contributed by atoms with Crippen LogP contribution in [0.25, 0.3) is 0 Å². The Morgan fingerprint density at radius 2 is 0.960 bits per heavy atom. The van der Waals surface area contributed by atoms with E-state index in [1.165, 1.54) is 103 Å². The fourth-order valence-electron chi connectivity index (χ4n) is 3.56. The number of hydrogen-bond acceptors (Lipinski definition) is 0. The molecule has 0 rings (SSSR count). The third-order valence-electron chi connectivity index (χ3n) is 5.32. The third kappa shape index (κ3) is 17.1. The SMILES string of the molecule is C=CCCC(Br)(CCC=C)CCCCCCCCCCCCCCC. The fourth-order valence-corrected chi connectivity index (χ4v) is 4.29. The molecule has 0 N–H and O–H groups in total. The summed E-state index contributed by atoms with van der Waals surface area (Å²) < 4.78 is 0.313. The van der Waals surface area contributed by atoms with E-state index in [1.807, 2.05) is 12.2 Å². The van der Waals surface area contributed by atoms with Crippen molar-refractivity contribution >= 4 is 15.9 Å². The number of rotatable bonds is 20. The molecule has 0 nitrogen and oxygen atoms in total. The van der Waals surface area contributed by atoms with Crippen LogP contribution >= 0.6 is 15.9 Å². The molecule has 0 radical (unpaired) electrons. The molecule has 0 aliphatic heterocycles. The Morgan fingerprint density at radius 3 is 1.32 bits per heavy atom. The molecule has 0 aromatic carbocycles. The summed E-state index contributed by atoms with van der Waals surface area (Å²) in [4.78, 5) is 0. The van der Waals surface area contributed by atoms with E-state index < -0.39 is 0 Å². The highest BCUT2D eigenvalue weighted by molar-refractivity contribution is 9.10. The second-order valence-corrected chi connectivity index (χ2v) is 9.48. The van der Waals surface area contributed by atoms with Crippen LogP contribution in [0, 0.1) is 0 Å². The average Bonchev–Trinajstić information content (AvgIpc) is 2.62. The van der Waals surface area contributed by atoms with E-state index in [0.717, 1.165) is 12.8 Å². The smallest absolute Gasteiger partial charge is 0.0264 e. The van der Waals surface area contributed by atoms with E-state index in [-0.39, 0.29) is 0 Å². The molecular formula is C24H45Br. The van der Waals surface area contributed by atoms with E-state index in [0.29, 0.717) is 4.32 Å². The van der Waals surface area contributed by atoms with Gasteiger partial charge in [-0.2, -0.15) is 0 Å². The maximum absolute atomic E-state index is 4.03. The quantitative estimate of drug-likeness (QED) is 0.106. The molecule has 0 heterocycles. The zero-order valence-electron chi connectivity index (χ0n) is 17.2. The van der Waals surface area contributed by atoms with Gasteiger partial charge in [0.05, 0.1) is 0 Å². The second-order valence-electron chi connectivity index (χ2n) is 7.80. The first-order valence-electron chi connectivity index (χ1n) is 11.1. The van der Waals surface area contributed by atoms with Crippen LogP contribution < -0.4 is 0 Å². The van der Waals surface area contributed by atoms with Crippen molar-refractivity contribution in [3.63, 3.8) is 0 Å². The first-order chi connectivity index (χ1) is 12.2. The summed E-state index contributed by atoms with van der Waals surface area (Å²) >= 11 is 4.03. The zero-order chi connectivity index (χ0) is 18.6. The van der Waals surface area contributed by atoms with Crippen LogP contribution in [0.4, 0.5) is 0 Å². The van der Waals surface area contributed by atoms with Gasteiger partial charge in [-0.15, -0.1) is 13.2 Å². The molecule has 1 heteroatoms. The highest BCUT2D eigenvalue weighted by Gasteiger charge is 2.24. The Hall–Kier alpha value is -0.0400. The van der Waals surface area contributed by atoms with Crippen LogP contribution in [0.3, 0.4) is 0 Å².